The monoisotopic (exact) mass is 1520 g/mol. The molecule has 3 N–H and O–H groups in total. The summed E-state index contributed by atoms with van der Waals surface area (Å²) in [6, 6.07) is 0. The van der Waals surface area contributed by atoms with E-state index in [1.165, 1.54) is 19.3 Å². The van der Waals surface area contributed by atoms with Gasteiger partial charge < -0.3 is 33.8 Å². The van der Waals surface area contributed by atoms with E-state index in [4.69, 9.17) is 37.0 Å². The summed E-state index contributed by atoms with van der Waals surface area (Å²) in [7, 11) is -10.0. The first-order valence-corrected chi connectivity index (χ1v) is 42.7. The Kier molecular flexibility index (Phi) is 72.6. The first-order chi connectivity index (χ1) is 51.7. The van der Waals surface area contributed by atoms with Gasteiger partial charge in [-0.15, -0.1) is 0 Å². The summed E-state index contributed by atoms with van der Waals surface area (Å²) in [5, 5.41) is 10.6. The molecule has 0 rings (SSSR count). The minimum Gasteiger partial charge on any atom is -0.462 e. The largest absolute Gasteiger partial charge is 0.472 e. The highest BCUT2D eigenvalue weighted by molar-refractivity contribution is 7.47. The molecule has 0 heterocycles. The Morgan fingerprint density at radius 2 is 0.509 bits per heavy atom. The maximum atomic E-state index is 13.1. The van der Waals surface area contributed by atoms with Gasteiger partial charge in [-0.25, -0.2) is 9.13 Å². The van der Waals surface area contributed by atoms with Gasteiger partial charge >= 0.3 is 39.5 Å². The lowest BCUT2D eigenvalue weighted by molar-refractivity contribution is -0.161. The van der Waals surface area contributed by atoms with E-state index in [0.717, 1.165) is 167 Å². The van der Waals surface area contributed by atoms with Gasteiger partial charge in [-0.1, -0.05) is 267 Å². The highest BCUT2D eigenvalue weighted by Crippen LogP contribution is 2.45. The molecule has 0 saturated carbocycles. The van der Waals surface area contributed by atoms with Crippen LogP contribution in [0.2, 0.25) is 0 Å². The van der Waals surface area contributed by atoms with Crippen LogP contribution >= 0.6 is 15.6 Å². The smallest absolute Gasteiger partial charge is 0.462 e. The van der Waals surface area contributed by atoms with E-state index >= 15 is 0 Å². The number of esters is 4. The van der Waals surface area contributed by atoms with E-state index in [0.29, 0.717) is 32.1 Å². The molecule has 0 aromatic heterocycles. The molecule has 0 saturated heterocycles. The standard InChI is InChI=1S/C87H138O17P2/c1-5-9-13-17-21-25-29-33-37-39-40-42-45-48-52-56-60-64-68-72-85(90)98-78-83(104-87(92)74-70-66-62-58-54-50-46-41-38-34-30-26-22-18-14-10-6-2)80-102-106(95,96)100-76-81(88)75-99-105(93,94)101-79-82(103-86(91)73-69-65-61-57-53-49-44-36-32-28-24-20-16-12-8-4)77-97-84(89)71-67-63-59-55-51-47-43-35-31-27-23-19-15-11-7-3/h9-11,13-15,21-28,33-38,40,42-44,46,48,50-52,55,60,64,81-83,88H,5-8,12,16-20,29-32,39,41,45,47,49,53-54,56-59,61-63,65-80H2,1-4H3,(H,93,94)(H,95,96)/b13-9-,14-10-,15-11-,25-21-,26-22-,27-23-,28-24-,37-33-,38-34-,42-40-,43-35-,44-36-,50-46-,52-48-,55-51-,64-60-. The molecule has 0 aliphatic heterocycles. The first-order valence-electron chi connectivity index (χ1n) is 39.7. The zero-order valence-corrected chi connectivity index (χ0v) is 67.1. The predicted octanol–water partition coefficient (Wildman–Crippen LogP) is 23.3. The number of aliphatic hydroxyl groups excluding tert-OH is 1. The average Bonchev–Trinajstić information content (AvgIpc) is 0.902. The number of rotatable bonds is 72. The topological polar surface area (TPSA) is 237 Å². The number of phosphoric acid groups is 2. The number of hydrogen-bond donors (Lipinski definition) is 3. The van der Waals surface area contributed by atoms with Crippen LogP contribution < -0.4 is 0 Å². The Balaban J connectivity index is 5.53. The molecule has 0 aromatic rings. The van der Waals surface area contributed by atoms with Crippen molar-refractivity contribution in [2.24, 2.45) is 0 Å². The van der Waals surface area contributed by atoms with Gasteiger partial charge in [0.15, 0.2) is 12.2 Å². The van der Waals surface area contributed by atoms with E-state index in [2.05, 4.69) is 204 Å². The molecule has 0 amide bonds. The summed E-state index contributed by atoms with van der Waals surface area (Å²) in [6.45, 7) is 4.30. The van der Waals surface area contributed by atoms with Crippen LogP contribution in [-0.4, -0.2) is 96.7 Å². The molecule has 0 aliphatic carbocycles. The molecule has 598 valence electrons. The Labute approximate surface area is 640 Å². The number of aliphatic hydroxyl groups is 1. The van der Waals surface area contributed by atoms with Gasteiger partial charge in [0.1, 0.15) is 19.3 Å². The Hall–Kier alpha value is -6.10. The molecular formula is C87H138O17P2. The second kappa shape index (κ2) is 77.1. The van der Waals surface area contributed by atoms with Crippen molar-refractivity contribution in [3.8, 4) is 0 Å². The third kappa shape index (κ3) is 76.1. The molecular weight excluding hydrogens is 1380 g/mol. The Morgan fingerprint density at radius 1 is 0.274 bits per heavy atom. The lowest BCUT2D eigenvalue weighted by Gasteiger charge is -2.21. The minimum atomic E-state index is -5.02. The summed E-state index contributed by atoms with van der Waals surface area (Å²) >= 11 is 0. The third-order valence-electron chi connectivity index (χ3n) is 15.5. The van der Waals surface area contributed by atoms with Crippen molar-refractivity contribution in [3.05, 3.63) is 194 Å². The molecule has 19 heteroatoms. The first kappa shape index (κ1) is 99.9. The molecule has 0 aliphatic rings. The molecule has 0 aromatic carbocycles. The molecule has 5 unspecified atom stereocenters. The molecule has 106 heavy (non-hydrogen) atoms. The Bertz CT molecular complexity index is 2780. The van der Waals surface area contributed by atoms with Crippen molar-refractivity contribution in [1.29, 1.82) is 0 Å². The molecule has 5 atom stereocenters. The molecule has 17 nitrogen and oxygen atoms in total. The summed E-state index contributed by atoms with van der Waals surface area (Å²) in [5.41, 5.74) is 0. The number of phosphoric ester groups is 2. The highest BCUT2D eigenvalue weighted by Gasteiger charge is 2.30. The zero-order valence-electron chi connectivity index (χ0n) is 65.3. The molecule has 0 bridgehead atoms. The van der Waals surface area contributed by atoms with Gasteiger partial charge in [0.25, 0.3) is 0 Å². The minimum absolute atomic E-state index is 0.0214. The average molecular weight is 1520 g/mol. The fourth-order valence-corrected chi connectivity index (χ4v) is 11.2. The predicted molar refractivity (Wildman–Crippen MR) is 436 cm³/mol. The van der Waals surface area contributed by atoms with Crippen LogP contribution in [0.4, 0.5) is 0 Å². The van der Waals surface area contributed by atoms with Gasteiger partial charge in [0, 0.05) is 25.7 Å². The van der Waals surface area contributed by atoms with E-state index < -0.39 is 97.5 Å². The van der Waals surface area contributed by atoms with Gasteiger partial charge in [-0.2, -0.15) is 0 Å². The van der Waals surface area contributed by atoms with Gasteiger partial charge in [0.05, 0.1) is 26.4 Å². The zero-order chi connectivity index (χ0) is 77.4. The SMILES string of the molecule is CC/C=C\C/C=C\C/C=C\C/C=C\C/C=C\C/C=C\CCC(=O)OCC(COP(=O)(O)OCC(O)COP(=O)(O)OCC(COC(=O)CCCC/C=C\C/C=C\C/C=C\C/C=C\CC)OC(=O)CCCCCCC/C=C\C/C=C\CCCCC)OC(=O)CCCCCC/C=C\C/C=C\C/C=C\C/C=C\CC. The van der Waals surface area contributed by atoms with Crippen molar-refractivity contribution in [1.82, 2.24) is 0 Å². The lowest BCUT2D eigenvalue weighted by atomic mass is 10.1. The second-order valence-electron chi connectivity index (χ2n) is 25.5. The van der Waals surface area contributed by atoms with E-state index in [-0.39, 0.29) is 25.7 Å². The maximum absolute atomic E-state index is 13.1. The van der Waals surface area contributed by atoms with Crippen LogP contribution in [0.1, 0.15) is 272 Å². The lowest BCUT2D eigenvalue weighted by Crippen LogP contribution is -2.30. The van der Waals surface area contributed by atoms with Gasteiger partial charge in [-0.3, -0.25) is 37.3 Å². The number of carbonyl (C=O) groups excluding carboxylic acids is 4. The van der Waals surface area contributed by atoms with Crippen LogP contribution in [0.15, 0.2) is 194 Å². The molecule has 0 radical (unpaired) electrons. The summed E-state index contributed by atoms with van der Waals surface area (Å²) in [6.07, 6.45) is 94.3. The van der Waals surface area contributed by atoms with E-state index in [1.807, 2.05) is 18.2 Å². The quantitative estimate of drug-likeness (QED) is 0.0169. The van der Waals surface area contributed by atoms with Crippen molar-refractivity contribution < 1.29 is 80.2 Å². The molecule has 0 fully saturated rings. The highest BCUT2D eigenvalue weighted by atomic mass is 31.2. The second-order valence-corrected chi connectivity index (χ2v) is 28.4. The van der Waals surface area contributed by atoms with E-state index in [1.54, 1.807) is 0 Å². The van der Waals surface area contributed by atoms with Crippen LogP contribution in [0, 0.1) is 0 Å². The van der Waals surface area contributed by atoms with Crippen LogP contribution in [0.3, 0.4) is 0 Å². The van der Waals surface area contributed by atoms with Crippen molar-refractivity contribution in [2.45, 2.75) is 290 Å². The fraction of sp³-hybridized carbons (Fsp3) is 0.586. The van der Waals surface area contributed by atoms with Crippen molar-refractivity contribution in [3.63, 3.8) is 0 Å². The molecule has 0 spiro atoms. The summed E-state index contributed by atoms with van der Waals surface area (Å²) in [4.78, 5) is 73.0. The van der Waals surface area contributed by atoms with Crippen LogP contribution in [-0.2, 0) is 65.4 Å². The van der Waals surface area contributed by atoms with Gasteiger partial charge in [0.2, 0.25) is 0 Å². The van der Waals surface area contributed by atoms with Gasteiger partial charge in [-0.05, 0) is 173 Å². The van der Waals surface area contributed by atoms with Crippen LogP contribution in [0.25, 0.3) is 0 Å². The number of ether oxygens (including phenoxy) is 4. The summed E-state index contributed by atoms with van der Waals surface area (Å²) < 4.78 is 68.5. The van der Waals surface area contributed by atoms with Crippen molar-refractivity contribution in [2.75, 3.05) is 39.6 Å². The normalized spacial score (nSPS) is 14.9. The Morgan fingerprint density at radius 3 is 0.830 bits per heavy atom. The van der Waals surface area contributed by atoms with E-state index in [9.17, 15) is 43.2 Å². The maximum Gasteiger partial charge on any atom is 0.472 e. The fourth-order valence-electron chi connectivity index (χ4n) is 9.61. The van der Waals surface area contributed by atoms with Crippen molar-refractivity contribution >= 4 is 39.5 Å². The number of carbonyl (C=O) groups is 4. The number of allylic oxidation sites excluding steroid dienone is 32. The van der Waals surface area contributed by atoms with Crippen LogP contribution in [0.5, 0.6) is 0 Å². The number of unbranched alkanes of at least 4 members (excludes halogenated alkanes) is 14. The number of hydrogen-bond acceptors (Lipinski definition) is 15. The third-order valence-corrected chi connectivity index (χ3v) is 17.4. The summed E-state index contributed by atoms with van der Waals surface area (Å²) in [5.74, 6) is -2.38.